The fourth-order valence-corrected chi connectivity index (χ4v) is 3.66. The van der Waals surface area contributed by atoms with Crippen molar-refractivity contribution in [3.63, 3.8) is 0 Å². The van der Waals surface area contributed by atoms with Crippen molar-refractivity contribution in [2.75, 3.05) is 24.5 Å². The Morgan fingerprint density at radius 3 is 2.83 bits per heavy atom. The minimum atomic E-state index is -0.104. The van der Waals surface area contributed by atoms with Gasteiger partial charge in [0.05, 0.1) is 5.69 Å². The Morgan fingerprint density at radius 2 is 2.00 bits per heavy atom. The first kappa shape index (κ1) is 19.0. The molecule has 1 aliphatic heterocycles. The van der Waals surface area contributed by atoms with Crippen molar-refractivity contribution in [2.24, 2.45) is 0 Å². The number of H-pyrrole nitrogens is 1. The third-order valence-electron chi connectivity index (χ3n) is 5.18. The summed E-state index contributed by atoms with van der Waals surface area (Å²) in [5, 5.41) is 13.6. The van der Waals surface area contributed by atoms with Crippen LogP contribution >= 0.6 is 0 Å². The molecule has 0 spiro atoms. The number of carbonyl (C=O) groups is 1. The topological polar surface area (TPSA) is 85.9 Å². The van der Waals surface area contributed by atoms with Gasteiger partial charge in [0.15, 0.2) is 5.82 Å². The summed E-state index contributed by atoms with van der Waals surface area (Å²) in [6.07, 6.45) is 6.37. The van der Waals surface area contributed by atoms with Crippen LogP contribution in [0.1, 0.15) is 18.4 Å². The van der Waals surface area contributed by atoms with Crippen molar-refractivity contribution in [1.29, 1.82) is 0 Å². The van der Waals surface area contributed by atoms with Gasteiger partial charge in [-0.2, -0.15) is 5.10 Å². The number of urea groups is 1. The lowest BCUT2D eigenvalue weighted by Crippen LogP contribution is -2.51. The first-order valence-corrected chi connectivity index (χ1v) is 10.1. The van der Waals surface area contributed by atoms with E-state index in [1.807, 2.05) is 30.3 Å². The molecule has 1 unspecified atom stereocenters. The summed E-state index contributed by atoms with van der Waals surface area (Å²) in [6, 6.07) is 16.1. The van der Waals surface area contributed by atoms with Gasteiger partial charge in [0.2, 0.25) is 0 Å². The van der Waals surface area contributed by atoms with Gasteiger partial charge in [-0.15, -0.1) is 0 Å². The summed E-state index contributed by atoms with van der Waals surface area (Å²) in [4.78, 5) is 18.5. The highest BCUT2D eigenvalue weighted by atomic mass is 16.2. The molecule has 1 aliphatic rings. The number of aromatic nitrogens is 3. The molecule has 3 N–H and O–H groups in total. The third kappa shape index (κ3) is 5.13. The highest BCUT2D eigenvalue weighted by Crippen LogP contribution is 2.23. The lowest BCUT2D eigenvalue weighted by molar-refractivity contribution is 0.235. The molecule has 7 heteroatoms. The second kappa shape index (κ2) is 9.23. The number of nitrogens with one attached hydrogen (secondary N) is 3. The number of piperidine rings is 1. The molecule has 0 aliphatic carbocycles. The SMILES string of the molecule is O=C(NCCc1ccccc1)NC1CCCN(c2cc(-c3ccncc3)[nH]n2)C1. The Hall–Kier alpha value is -3.35. The van der Waals surface area contributed by atoms with Gasteiger partial charge in [-0.25, -0.2) is 4.79 Å². The molecule has 2 amide bonds. The Balaban J connectivity index is 1.27. The van der Waals surface area contributed by atoms with Crippen LogP contribution in [-0.2, 0) is 6.42 Å². The maximum absolute atomic E-state index is 12.3. The quantitative estimate of drug-likeness (QED) is 0.604. The summed E-state index contributed by atoms with van der Waals surface area (Å²) < 4.78 is 0. The summed E-state index contributed by atoms with van der Waals surface area (Å²) >= 11 is 0. The lowest BCUT2D eigenvalue weighted by atomic mass is 10.1. The Morgan fingerprint density at radius 1 is 1.17 bits per heavy atom. The van der Waals surface area contributed by atoms with Crippen molar-refractivity contribution in [3.05, 3.63) is 66.5 Å². The number of nitrogens with zero attached hydrogens (tertiary/aromatic N) is 3. The average Bonchev–Trinajstić information content (AvgIpc) is 3.26. The monoisotopic (exact) mass is 390 g/mol. The summed E-state index contributed by atoms with van der Waals surface area (Å²) in [7, 11) is 0. The van der Waals surface area contributed by atoms with E-state index in [-0.39, 0.29) is 12.1 Å². The smallest absolute Gasteiger partial charge is 0.315 e. The number of pyridine rings is 1. The van der Waals surface area contributed by atoms with Crippen LogP contribution in [0.4, 0.5) is 10.6 Å². The molecule has 29 heavy (non-hydrogen) atoms. The van der Waals surface area contributed by atoms with E-state index in [0.29, 0.717) is 6.54 Å². The summed E-state index contributed by atoms with van der Waals surface area (Å²) in [5.74, 6) is 0.910. The molecule has 150 valence electrons. The second-order valence-corrected chi connectivity index (χ2v) is 7.30. The maximum atomic E-state index is 12.3. The van der Waals surface area contributed by atoms with E-state index < -0.39 is 0 Å². The van der Waals surface area contributed by atoms with Gasteiger partial charge >= 0.3 is 6.03 Å². The van der Waals surface area contributed by atoms with Crippen LogP contribution in [-0.4, -0.2) is 46.9 Å². The molecule has 3 aromatic rings. The van der Waals surface area contributed by atoms with Crippen molar-refractivity contribution >= 4 is 11.8 Å². The number of carbonyl (C=O) groups excluding carboxylic acids is 1. The van der Waals surface area contributed by atoms with Crippen LogP contribution in [0.15, 0.2) is 60.9 Å². The van der Waals surface area contributed by atoms with Gasteiger partial charge in [0, 0.05) is 49.7 Å². The number of rotatable bonds is 6. The number of hydrogen-bond donors (Lipinski definition) is 3. The summed E-state index contributed by atoms with van der Waals surface area (Å²) in [6.45, 7) is 2.32. The predicted molar refractivity (Wildman–Crippen MR) is 114 cm³/mol. The summed E-state index contributed by atoms with van der Waals surface area (Å²) in [5.41, 5.74) is 3.25. The van der Waals surface area contributed by atoms with E-state index in [1.54, 1.807) is 12.4 Å². The third-order valence-corrected chi connectivity index (χ3v) is 5.18. The van der Waals surface area contributed by atoms with Crippen molar-refractivity contribution in [3.8, 4) is 11.3 Å². The predicted octanol–water partition coefficient (Wildman–Crippen LogP) is 2.98. The van der Waals surface area contributed by atoms with Gasteiger partial charge in [-0.1, -0.05) is 30.3 Å². The van der Waals surface area contributed by atoms with Crippen molar-refractivity contribution < 1.29 is 4.79 Å². The fourth-order valence-electron chi connectivity index (χ4n) is 3.66. The molecule has 0 bridgehead atoms. The van der Waals surface area contributed by atoms with Crippen LogP contribution in [0.3, 0.4) is 0 Å². The minimum Gasteiger partial charge on any atom is -0.353 e. The molecular weight excluding hydrogens is 364 g/mol. The van der Waals surface area contributed by atoms with Gasteiger partial charge in [-0.05, 0) is 37.0 Å². The number of benzene rings is 1. The van der Waals surface area contributed by atoms with Gasteiger partial charge in [-0.3, -0.25) is 10.1 Å². The molecule has 0 saturated carbocycles. The molecule has 1 saturated heterocycles. The molecule has 1 atom stereocenters. The first-order valence-electron chi connectivity index (χ1n) is 10.1. The van der Waals surface area contributed by atoms with E-state index in [2.05, 4.69) is 48.9 Å². The first-order chi connectivity index (χ1) is 14.3. The van der Waals surface area contributed by atoms with Crippen LogP contribution in [0, 0.1) is 0 Å². The molecule has 7 nitrogen and oxygen atoms in total. The molecular formula is C22H26N6O. The van der Waals surface area contributed by atoms with Crippen LogP contribution < -0.4 is 15.5 Å². The molecule has 4 rings (SSSR count). The van der Waals surface area contributed by atoms with E-state index in [1.165, 1.54) is 5.56 Å². The van der Waals surface area contributed by atoms with E-state index in [0.717, 1.165) is 49.4 Å². The normalized spacial score (nSPS) is 16.4. The number of hydrogen-bond acceptors (Lipinski definition) is 4. The zero-order valence-corrected chi connectivity index (χ0v) is 16.3. The largest absolute Gasteiger partial charge is 0.353 e. The molecule has 3 heterocycles. The maximum Gasteiger partial charge on any atom is 0.315 e. The van der Waals surface area contributed by atoms with Gasteiger partial charge in [0.25, 0.3) is 0 Å². The van der Waals surface area contributed by atoms with Crippen LogP contribution in [0.25, 0.3) is 11.3 Å². The lowest BCUT2D eigenvalue weighted by Gasteiger charge is -2.33. The van der Waals surface area contributed by atoms with Crippen LogP contribution in [0.5, 0.6) is 0 Å². The van der Waals surface area contributed by atoms with Gasteiger partial charge in [0.1, 0.15) is 0 Å². The van der Waals surface area contributed by atoms with E-state index >= 15 is 0 Å². The number of anilines is 1. The van der Waals surface area contributed by atoms with E-state index in [4.69, 9.17) is 0 Å². The zero-order chi connectivity index (χ0) is 19.9. The molecule has 0 radical (unpaired) electrons. The minimum absolute atomic E-state index is 0.104. The molecule has 1 aromatic carbocycles. The standard InChI is InChI=1S/C22H26N6O/c29-22(24-13-8-17-5-2-1-3-6-17)25-19-7-4-14-28(16-19)21-15-20(26-27-21)18-9-11-23-12-10-18/h1-3,5-6,9-12,15,19H,4,7-8,13-14,16H2,(H,26,27)(H2,24,25,29). The average molecular weight is 390 g/mol. The highest BCUT2D eigenvalue weighted by molar-refractivity contribution is 5.74. The van der Waals surface area contributed by atoms with E-state index in [9.17, 15) is 4.79 Å². The van der Waals surface area contributed by atoms with Crippen molar-refractivity contribution in [2.45, 2.75) is 25.3 Å². The molecule has 2 aromatic heterocycles. The highest BCUT2D eigenvalue weighted by Gasteiger charge is 2.23. The number of amides is 2. The van der Waals surface area contributed by atoms with Gasteiger partial charge < -0.3 is 15.5 Å². The molecule has 1 fully saturated rings. The Bertz CT molecular complexity index is 911. The Kier molecular flexibility index (Phi) is 6.04. The fraction of sp³-hybridized carbons (Fsp3) is 0.318. The van der Waals surface area contributed by atoms with Crippen molar-refractivity contribution in [1.82, 2.24) is 25.8 Å². The zero-order valence-electron chi connectivity index (χ0n) is 16.3. The second-order valence-electron chi connectivity index (χ2n) is 7.30. The van der Waals surface area contributed by atoms with Crippen LogP contribution in [0.2, 0.25) is 0 Å². The Labute approximate surface area is 170 Å². The number of aromatic amines is 1.